The molecule has 0 aliphatic carbocycles. The lowest BCUT2D eigenvalue weighted by atomic mass is 9.84. The van der Waals surface area contributed by atoms with E-state index in [0.29, 0.717) is 18.9 Å². The van der Waals surface area contributed by atoms with Gasteiger partial charge in [-0.1, -0.05) is 20.8 Å². The van der Waals surface area contributed by atoms with Crippen molar-refractivity contribution in [3.05, 3.63) is 35.1 Å². The third-order valence-corrected chi connectivity index (χ3v) is 3.62. The minimum Gasteiger partial charge on any atom is -0.351 e. The van der Waals surface area contributed by atoms with E-state index in [-0.39, 0.29) is 18.0 Å². The Labute approximate surface area is 111 Å². The van der Waals surface area contributed by atoms with Crippen LogP contribution in [0.25, 0.3) is 0 Å². The van der Waals surface area contributed by atoms with Crippen molar-refractivity contribution >= 4 is 5.91 Å². The monoisotopic (exact) mass is 273 g/mol. The predicted molar refractivity (Wildman–Crippen MR) is 66.9 cm³/mol. The Hall–Kier alpha value is -1.52. The molecule has 0 bridgehead atoms. The summed E-state index contributed by atoms with van der Waals surface area (Å²) in [5.41, 5.74) is -0.747. The molecule has 0 saturated heterocycles. The second-order valence-corrected chi connectivity index (χ2v) is 4.81. The maximum absolute atomic E-state index is 13.4. The molecule has 0 aromatic heterocycles. The number of carbonyl (C=O) groups is 1. The predicted octanol–water partition coefficient (Wildman–Crippen LogP) is 3.55. The van der Waals surface area contributed by atoms with Crippen LogP contribution in [0.5, 0.6) is 0 Å². The first kappa shape index (κ1) is 15.5. The van der Waals surface area contributed by atoms with Gasteiger partial charge in [-0.3, -0.25) is 4.79 Å². The second kappa shape index (κ2) is 6.08. The standard InChI is InChI=1S/C14H18F3NO/c1-4-14(3,5-2)13(19)18-8-9-6-10(15)7-11(16)12(9)17/h6-7H,4-5,8H2,1-3H3,(H,18,19). The molecule has 1 N–H and O–H groups in total. The maximum Gasteiger partial charge on any atom is 0.226 e. The Morgan fingerprint density at radius 3 is 2.32 bits per heavy atom. The summed E-state index contributed by atoms with van der Waals surface area (Å²) in [6, 6.07) is 1.36. The van der Waals surface area contributed by atoms with Gasteiger partial charge in [0, 0.05) is 23.6 Å². The number of hydrogen-bond acceptors (Lipinski definition) is 1. The van der Waals surface area contributed by atoms with Crippen LogP contribution in [0, 0.1) is 22.9 Å². The molecule has 2 nitrogen and oxygen atoms in total. The molecule has 19 heavy (non-hydrogen) atoms. The van der Waals surface area contributed by atoms with E-state index in [1.807, 2.05) is 13.8 Å². The van der Waals surface area contributed by atoms with Gasteiger partial charge in [0.05, 0.1) is 0 Å². The summed E-state index contributed by atoms with van der Waals surface area (Å²) in [6.45, 7) is 5.33. The molecule has 0 unspecified atom stereocenters. The van der Waals surface area contributed by atoms with Gasteiger partial charge in [0.2, 0.25) is 5.91 Å². The molecular formula is C14H18F3NO. The molecule has 1 aromatic carbocycles. The minimum absolute atomic E-state index is 0.194. The molecular weight excluding hydrogens is 255 g/mol. The Morgan fingerprint density at radius 2 is 1.79 bits per heavy atom. The van der Waals surface area contributed by atoms with Gasteiger partial charge in [0.25, 0.3) is 0 Å². The first-order valence-electron chi connectivity index (χ1n) is 6.25. The normalized spacial score (nSPS) is 11.5. The van der Waals surface area contributed by atoms with E-state index in [1.54, 1.807) is 6.92 Å². The summed E-state index contributed by atoms with van der Waals surface area (Å²) >= 11 is 0. The van der Waals surface area contributed by atoms with E-state index in [2.05, 4.69) is 5.32 Å². The Bertz CT molecular complexity index is 470. The highest BCUT2D eigenvalue weighted by Crippen LogP contribution is 2.25. The highest BCUT2D eigenvalue weighted by Gasteiger charge is 2.29. The maximum atomic E-state index is 13.4. The summed E-state index contributed by atoms with van der Waals surface area (Å²) < 4.78 is 39.4. The van der Waals surface area contributed by atoms with Crippen molar-refractivity contribution in [3.63, 3.8) is 0 Å². The van der Waals surface area contributed by atoms with Crippen LogP contribution in [0.4, 0.5) is 13.2 Å². The molecule has 0 heterocycles. The summed E-state index contributed by atoms with van der Waals surface area (Å²) in [7, 11) is 0. The first-order valence-corrected chi connectivity index (χ1v) is 6.25. The van der Waals surface area contributed by atoms with Crippen molar-refractivity contribution in [1.29, 1.82) is 0 Å². The lowest BCUT2D eigenvalue weighted by Crippen LogP contribution is -2.38. The smallest absolute Gasteiger partial charge is 0.226 e. The number of benzene rings is 1. The molecule has 0 aliphatic heterocycles. The van der Waals surface area contributed by atoms with Gasteiger partial charge in [-0.2, -0.15) is 0 Å². The van der Waals surface area contributed by atoms with E-state index >= 15 is 0 Å². The number of halogens is 3. The highest BCUT2D eigenvalue weighted by atomic mass is 19.2. The fraction of sp³-hybridized carbons (Fsp3) is 0.500. The van der Waals surface area contributed by atoms with Gasteiger partial charge in [0.15, 0.2) is 11.6 Å². The molecule has 0 spiro atoms. The molecule has 1 aromatic rings. The number of nitrogens with one attached hydrogen (secondary N) is 1. The zero-order valence-electron chi connectivity index (χ0n) is 11.3. The highest BCUT2D eigenvalue weighted by molar-refractivity contribution is 5.82. The molecule has 0 atom stereocenters. The first-order chi connectivity index (χ1) is 8.84. The van der Waals surface area contributed by atoms with Crippen LogP contribution in [-0.4, -0.2) is 5.91 Å². The SMILES string of the molecule is CCC(C)(CC)C(=O)NCc1cc(F)cc(F)c1F. The van der Waals surface area contributed by atoms with Gasteiger partial charge < -0.3 is 5.32 Å². The van der Waals surface area contributed by atoms with Crippen LogP contribution in [0.15, 0.2) is 12.1 Å². The van der Waals surface area contributed by atoms with Crippen molar-refractivity contribution < 1.29 is 18.0 Å². The largest absolute Gasteiger partial charge is 0.351 e. The fourth-order valence-corrected chi connectivity index (χ4v) is 1.70. The third kappa shape index (κ3) is 3.49. The lowest BCUT2D eigenvalue weighted by Gasteiger charge is -2.25. The van der Waals surface area contributed by atoms with E-state index in [0.717, 1.165) is 6.07 Å². The van der Waals surface area contributed by atoms with E-state index in [4.69, 9.17) is 0 Å². The number of hydrogen-bond donors (Lipinski definition) is 1. The van der Waals surface area contributed by atoms with Crippen LogP contribution in [-0.2, 0) is 11.3 Å². The van der Waals surface area contributed by atoms with Crippen LogP contribution in [0.1, 0.15) is 39.2 Å². The van der Waals surface area contributed by atoms with Crippen LogP contribution in [0.3, 0.4) is 0 Å². The Morgan fingerprint density at radius 1 is 1.21 bits per heavy atom. The lowest BCUT2D eigenvalue weighted by molar-refractivity contribution is -0.130. The van der Waals surface area contributed by atoms with Crippen LogP contribution in [0.2, 0.25) is 0 Å². The summed E-state index contributed by atoms with van der Waals surface area (Å²) in [5, 5.41) is 2.52. The average Bonchev–Trinajstić information content (AvgIpc) is 2.39. The van der Waals surface area contributed by atoms with Gasteiger partial charge in [-0.05, 0) is 18.9 Å². The van der Waals surface area contributed by atoms with Crippen molar-refractivity contribution in [2.24, 2.45) is 5.41 Å². The number of carbonyl (C=O) groups excluding carboxylic acids is 1. The van der Waals surface area contributed by atoms with Gasteiger partial charge in [-0.15, -0.1) is 0 Å². The molecule has 106 valence electrons. The molecule has 0 saturated carbocycles. The van der Waals surface area contributed by atoms with E-state index < -0.39 is 22.9 Å². The molecule has 1 amide bonds. The summed E-state index contributed by atoms with van der Waals surface area (Å²) in [4.78, 5) is 12.0. The minimum atomic E-state index is -1.25. The molecule has 5 heteroatoms. The van der Waals surface area contributed by atoms with Crippen molar-refractivity contribution in [1.82, 2.24) is 5.32 Å². The Kier molecular flexibility index (Phi) is 4.97. The topological polar surface area (TPSA) is 29.1 Å². The zero-order valence-corrected chi connectivity index (χ0v) is 11.3. The van der Waals surface area contributed by atoms with Gasteiger partial charge in [-0.25, -0.2) is 13.2 Å². The van der Waals surface area contributed by atoms with E-state index in [9.17, 15) is 18.0 Å². The average molecular weight is 273 g/mol. The van der Waals surface area contributed by atoms with Gasteiger partial charge >= 0.3 is 0 Å². The van der Waals surface area contributed by atoms with Crippen molar-refractivity contribution in [2.75, 3.05) is 0 Å². The second-order valence-electron chi connectivity index (χ2n) is 4.81. The molecule has 1 rings (SSSR count). The Balaban J connectivity index is 2.80. The van der Waals surface area contributed by atoms with E-state index in [1.165, 1.54) is 0 Å². The number of amides is 1. The summed E-state index contributed by atoms with van der Waals surface area (Å²) in [5.74, 6) is -3.49. The molecule has 0 aliphatic rings. The van der Waals surface area contributed by atoms with Gasteiger partial charge in [0.1, 0.15) is 5.82 Å². The zero-order chi connectivity index (χ0) is 14.6. The number of rotatable bonds is 5. The fourth-order valence-electron chi connectivity index (χ4n) is 1.70. The van der Waals surface area contributed by atoms with Crippen molar-refractivity contribution in [3.8, 4) is 0 Å². The summed E-state index contributed by atoms with van der Waals surface area (Å²) in [6.07, 6.45) is 1.27. The third-order valence-electron chi connectivity index (χ3n) is 3.62. The van der Waals surface area contributed by atoms with Crippen LogP contribution >= 0.6 is 0 Å². The molecule has 0 fully saturated rings. The molecule has 0 radical (unpaired) electrons. The quantitative estimate of drug-likeness (QED) is 0.817. The van der Waals surface area contributed by atoms with Crippen molar-refractivity contribution in [2.45, 2.75) is 40.2 Å². The van der Waals surface area contributed by atoms with Crippen LogP contribution < -0.4 is 5.32 Å².